The zero-order valence-corrected chi connectivity index (χ0v) is 12.7. The molecular formula is C15H17NO2S2. The molecule has 106 valence electrons. The van der Waals surface area contributed by atoms with E-state index in [1.807, 2.05) is 6.07 Å². The van der Waals surface area contributed by atoms with E-state index in [1.165, 1.54) is 4.88 Å². The van der Waals surface area contributed by atoms with Gasteiger partial charge in [0.05, 0.1) is 18.5 Å². The summed E-state index contributed by atoms with van der Waals surface area (Å²) >= 11 is 3.53. The second-order valence-electron chi connectivity index (χ2n) is 4.52. The molecule has 0 bridgehead atoms. The summed E-state index contributed by atoms with van der Waals surface area (Å²) < 4.78 is 11.4. The minimum absolute atomic E-state index is 0.291. The van der Waals surface area contributed by atoms with E-state index in [2.05, 4.69) is 29.6 Å². The lowest BCUT2D eigenvalue weighted by molar-refractivity contribution is 0.297. The van der Waals surface area contributed by atoms with Gasteiger partial charge in [-0.25, -0.2) is 0 Å². The molecule has 0 saturated carbocycles. The normalized spacial score (nSPS) is 15.7. The van der Waals surface area contributed by atoms with Crippen molar-refractivity contribution in [1.29, 1.82) is 0 Å². The number of benzene rings is 1. The number of nitrogens with two attached hydrogens (primary N) is 1. The summed E-state index contributed by atoms with van der Waals surface area (Å²) in [6.07, 6.45) is 0.928. The molecule has 1 aliphatic rings. The van der Waals surface area contributed by atoms with E-state index in [9.17, 15) is 0 Å². The molecule has 0 radical (unpaired) electrons. The van der Waals surface area contributed by atoms with E-state index >= 15 is 0 Å². The van der Waals surface area contributed by atoms with Crippen molar-refractivity contribution in [2.45, 2.75) is 16.6 Å². The first kappa shape index (κ1) is 13.8. The molecule has 0 fully saturated rings. The number of hydrogen-bond donors (Lipinski definition) is 1. The third kappa shape index (κ3) is 3.11. The standard InChI is InChI=1S/C15H17NO2S2/c16-10-15(14-3-1-8-19-14)20-11-4-5-12-13(9-11)18-7-2-6-17-12/h1,3-5,8-9,15H,2,6-7,10,16H2. The van der Waals surface area contributed by atoms with Gasteiger partial charge < -0.3 is 15.2 Å². The summed E-state index contributed by atoms with van der Waals surface area (Å²) in [5.74, 6) is 1.68. The van der Waals surface area contributed by atoms with Gasteiger partial charge in [0.25, 0.3) is 0 Å². The summed E-state index contributed by atoms with van der Waals surface area (Å²) in [6, 6.07) is 10.3. The molecule has 3 nitrogen and oxygen atoms in total. The largest absolute Gasteiger partial charge is 0.490 e. The molecule has 2 heterocycles. The summed E-state index contributed by atoms with van der Waals surface area (Å²) in [6.45, 7) is 2.06. The maximum absolute atomic E-state index is 5.90. The fourth-order valence-electron chi connectivity index (χ4n) is 2.08. The number of ether oxygens (including phenoxy) is 2. The monoisotopic (exact) mass is 307 g/mol. The van der Waals surface area contributed by atoms with Gasteiger partial charge in [0.15, 0.2) is 11.5 Å². The van der Waals surface area contributed by atoms with E-state index in [4.69, 9.17) is 15.2 Å². The highest BCUT2D eigenvalue weighted by molar-refractivity contribution is 7.99. The zero-order valence-electron chi connectivity index (χ0n) is 11.1. The van der Waals surface area contributed by atoms with Crippen LogP contribution in [-0.2, 0) is 0 Å². The van der Waals surface area contributed by atoms with E-state index < -0.39 is 0 Å². The Morgan fingerprint density at radius 2 is 2.05 bits per heavy atom. The Kier molecular flexibility index (Phi) is 4.50. The SMILES string of the molecule is NCC(Sc1ccc2c(c1)OCCCO2)c1cccs1. The molecule has 1 unspecified atom stereocenters. The van der Waals surface area contributed by atoms with Crippen LogP contribution < -0.4 is 15.2 Å². The van der Waals surface area contributed by atoms with Crippen LogP contribution in [0.5, 0.6) is 11.5 Å². The molecule has 0 aliphatic carbocycles. The molecule has 1 aromatic carbocycles. The summed E-state index contributed by atoms with van der Waals surface area (Å²) in [4.78, 5) is 2.47. The summed E-state index contributed by atoms with van der Waals surface area (Å²) in [5, 5.41) is 2.38. The average molecular weight is 307 g/mol. The van der Waals surface area contributed by atoms with Crippen molar-refractivity contribution in [1.82, 2.24) is 0 Å². The quantitative estimate of drug-likeness (QED) is 0.875. The van der Waals surface area contributed by atoms with E-state index in [0.29, 0.717) is 18.4 Å². The topological polar surface area (TPSA) is 44.5 Å². The lowest BCUT2D eigenvalue weighted by atomic mass is 10.3. The Morgan fingerprint density at radius 3 is 2.80 bits per heavy atom. The van der Waals surface area contributed by atoms with Gasteiger partial charge >= 0.3 is 0 Å². The Hall–Kier alpha value is -1.17. The fourth-order valence-corrected chi connectivity index (χ4v) is 4.05. The smallest absolute Gasteiger partial charge is 0.162 e. The van der Waals surface area contributed by atoms with Crippen LogP contribution in [0.1, 0.15) is 16.5 Å². The number of rotatable bonds is 4. The highest BCUT2D eigenvalue weighted by Gasteiger charge is 2.15. The van der Waals surface area contributed by atoms with Crippen LogP contribution in [0.25, 0.3) is 0 Å². The van der Waals surface area contributed by atoms with Crippen molar-refractivity contribution < 1.29 is 9.47 Å². The molecule has 0 saturated heterocycles. The average Bonchev–Trinajstić information content (AvgIpc) is 2.90. The van der Waals surface area contributed by atoms with E-state index in [0.717, 1.165) is 29.4 Å². The number of fused-ring (bicyclic) bond motifs is 1. The lowest BCUT2D eigenvalue weighted by Crippen LogP contribution is -2.07. The molecule has 1 aromatic heterocycles. The Morgan fingerprint density at radius 1 is 1.20 bits per heavy atom. The molecule has 1 atom stereocenters. The second-order valence-corrected chi connectivity index (χ2v) is 6.77. The van der Waals surface area contributed by atoms with Gasteiger partial charge in [-0.15, -0.1) is 23.1 Å². The molecule has 1 aliphatic heterocycles. The summed E-state index contributed by atoms with van der Waals surface area (Å²) in [5.41, 5.74) is 5.90. The first-order valence-electron chi connectivity index (χ1n) is 6.66. The highest BCUT2D eigenvalue weighted by Crippen LogP contribution is 2.40. The van der Waals surface area contributed by atoms with Gasteiger partial charge in [0.1, 0.15) is 0 Å². The Labute approximate surface area is 127 Å². The molecule has 2 N–H and O–H groups in total. The molecule has 3 rings (SSSR count). The Balaban J connectivity index is 1.78. The fraction of sp³-hybridized carbons (Fsp3) is 0.333. The van der Waals surface area contributed by atoms with Crippen LogP contribution in [0.2, 0.25) is 0 Å². The van der Waals surface area contributed by atoms with Crippen molar-refractivity contribution in [3.8, 4) is 11.5 Å². The number of thioether (sulfide) groups is 1. The van der Waals surface area contributed by atoms with E-state index in [1.54, 1.807) is 23.1 Å². The third-order valence-corrected chi connectivity index (χ3v) is 5.46. The minimum Gasteiger partial charge on any atom is -0.490 e. The zero-order chi connectivity index (χ0) is 13.8. The van der Waals surface area contributed by atoms with Crippen molar-refractivity contribution in [3.05, 3.63) is 40.6 Å². The third-order valence-electron chi connectivity index (χ3n) is 3.07. The predicted molar refractivity (Wildman–Crippen MR) is 84.0 cm³/mol. The molecule has 20 heavy (non-hydrogen) atoms. The molecule has 0 spiro atoms. The highest BCUT2D eigenvalue weighted by atomic mass is 32.2. The van der Waals surface area contributed by atoms with E-state index in [-0.39, 0.29) is 0 Å². The first-order valence-corrected chi connectivity index (χ1v) is 8.42. The van der Waals surface area contributed by atoms with Crippen LogP contribution >= 0.6 is 23.1 Å². The Bertz CT molecular complexity index is 557. The van der Waals surface area contributed by atoms with Gasteiger partial charge in [0, 0.05) is 22.7 Å². The van der Waals surface area contributed by atoms with Gasteiger partial charge in [-0.3, -0.25) is 0 Å². The van der Waals surface area contributed by atoms with Crippen LogP contribution in [0.4, 0.5) is 0 Å². The van der Waals surface area contributed by atoms with Crippen molar-refractivity contribution in [2.24, 2.45) is 5.73 Å². The lowest BCUT2D eigenvalue weighted by Gasteiger charge is -2.14. The first-order chi connectivity index (χ1) is 9.86. The minimum atomic E-state index is 0.291. The van der Waals surface area contributed by atoms with Gasteiger partial charge in [-0.1, -0.05) is 6.07 Å². The molecular weight excluding hydrogens is 290 g/mol. The predicted octanol–water partition coefficient (Wildman–Crippen LogP) is 3.70. The maximum atomic E-state index is 5.90. The van der Waals surface area contributed by atoms with Crippen molar-refractivity contribution in [2.75, 3.05) is 19.8 Å². The van der Waals surface area contributed by atoms with Crippen LogP contribution in [0.15, 0.2) is 40.6 Å². The molecule has 5 heteroatoms. The van der Waals surface area contributed by atoms with Gasteiger partial charge in [0.2, 0.25) is 0 Å². The van der Waals surface area contributed by atoms with Gasteiger partial charge in [-0.2, -0.15) is 0 Å². The van der Waals surface area contributed by atoms with Crippen molar-refractivity contribution >= 4 is 23.1 Å². The molecule has 2 aromatic rings. The van der Waals surface area contributed by atoms with Crippen LogP contribution in [-0.4, -0.2) is 19.8 Å². The van der Waals surface area contributed by atoms with Crippen LogP contribution in [0, 0.1) is 0 Å². The molecule has 0 amide bonds. The number of thiophene rings is 1. The number of hydrogen-bond acceptors (Lipinski definition) is 5. The second kappa shape index (κ2) is 6.52. The van der Waals surface area contributed by atoms with Crippen molar-refractivity contribution in [3.63, 3.8) is 0 Å². The summed E-state index contributed by atoms with van der Waals surface area (Å²) in [7, 11) is 0. The van der Waals surface area contributed by atoms with Crippen LogP contribution in [0.3, 0.4) is 0 Å². The van der Waals surface area contributed by atoms with Gasteiger partial charge in [-0.05, 0) is 29.6 Å². The maximum Gasteiger partial charge on any atom is 0.162 e.